The Labute approximate surface area is 104 Å². The predicted molar refractivity (Wildman–Crippen MR) is 69.3 cm³/mol. The van der Waals surface area contributed by atoms with E-state index in [1.807, 2.05) is 13.0 Å². The Morgan fingerprint density at radius 3 is 2.62 bits per heavy atom. The second kappa shape index (κ2) is 4.58. The molecule has 4 heteroatoms. The Balaban J connectivity index is 2.83. The van der Waals surface area contributed by atoms with Crippen LogP contribution in [0.25, 0.3) is 10.9 Å². The monoisotopic (exact) mass is 254 g/mol. The van der Waals surface area contributed by atoms with Crippen molar-refractivity contribution in [3.05, 3.63) is 39.5 Å². The standard InChI is InChI=1S/C12H12Cl2N2/c1-7-6-8(4-5-15)11-9(13)2-3-10(14)12(11)16-7/h2-3,6H,4-5,15H2,1H3. The molecule has 2 nitrogen and oxygen atoms in total. The van der Waals surface area contributed by atoms with E-state index in [0.717, 1.165) is 28.6 Å². The molecule has 0 aliphatic rings. The topological polar surface area (TPSA) is 38.9 Å². The zero-order valence-electron chi connectivity index (χ0n) is 8.93. The van der Waals surface area contributed by atoms with Crippen molar-refractivity contribution in [2.45, 2.75) is 13.3 Å². The van der Waals surface area contributed by atoms with E-state index < -0.39 is 0 Å². The van der Waals surface area contributed by atoms with Gasteiger partial charge in [-0.05, 0) is 43.7 Å². The van der Waals surface area contributed by atoms with Crippen molar-refractivity contribution >= 4 is 34.1 Å². The molecule has 2 aromatic rings. The highest BCUT2D eigenvalue weighted by atomic mass is 35.5. The van der Waals surface area contributed by atoms with E-state index >= 15 is 0 Å². The van der Waals surface area contributed by atoms with Crippen molar-refractivity contribution in [2.24, 2.45) is 5.73 Å². The summed E-state index contributed by atoms with van der Waals surface area (Å²) < 4.78 is 0. The number of hydrogen-bond acceptors (Lipinski definition) is 2. The number of fused-ring (bicyclic) bond motifs is 1. The number of rotatable bonds is 2. The van der Waals surface area contributed by atoms with Gasteiger partial charge in [-0.3, -0.25) is 4.98 Å². The minimum Gasteiger partial charge on any atom is -0.330 e. The average molecular weight is 255 g/mol. The average Bonchev–Trinajstić information content (AvgIpc) is 2.23. The van der Waals surface area contributed by atoms with Crippen LogP contribution in [0.2, 0.25) is 10.0 Å². The van der Waals surface area contributed by atoms with E-state index in [4.69, 9.17) is 28.9 Å². The molecule has 1 aromatic carbocycles. The molecule has 84 valence electrons. The van der Waals surface area contributed by atoms with Crippen molar-refractivity contribution in [1.82, 2.24) is 4.98 Å². The molecule has 1 aromatic heterocycles. The number of halogens is 2. The lowest BCUT2D eigenvalue weighted by molar-refractivity contribution is 0.971. The van der Waals surface area contributed by atoms with Gasteiger partial charge in [-0.1, -0.05) is 23.2 Å². The Bertz CT molecular complexity index is 538. The fraction of sp³-hybridized carbons (Fsp3) is 0.250. The van der Waals surface area contributed by atoms with Gasteiger partial charge in [-0.2, -0.15) is 0 Å². The van der Waals surface area contributed by atoms with Crippen LogP contribution in [0, 0.1) is 6.92 Å². The maximum absolute atomic E-state index is 6.18. The third-order valence-corrected chi connectivity index (χ3v) is 3.10. The van der Waals surface area contributed by atoms with Crippen LogP contribution < -0.4 is 5.73 Å². The highest BCUT2D eigenvalue weighted by Crippen LogP contribution is 2.31. The van der Waals surface area contributed by atoms with Gasteiger partial charge in [0.25, 0.3) is 0 Å². The van der Waals surface area contributed by atoms with Crippen LogP contribution in [-0.2, 0) is 6.42 Å². The summed E-state index contributed by atoms with van der Waals surface area (Å²) in [4.78, 5) is 4.42. The van der Waals surface area contributed by atoms with E-state index in [2.05, 4.69) is 4.98 Å². The smallest absolute Gasteiger partial charge is 0.0909 e. The first kappa shape index (κ1) is 11.6. The summed E-state index contributed by atoms with van der Waals surface area (Å²) in [5, 5.41) is 2.22. The number of benzene rings is 1. The number of nitrogens with two attached hydrogens (primary N) is 1. The van der Waals surface area contributed by atoms with Gasteiger partial charge in [0.1, 0.15) is 0 Å². The summed E-state index contributed by atoms with van der Waals surface area (Å²) in [7, 11) is 0. The first-order chi connectivity index (χ1) is 7.63. The first-order valence-electron chi connectivity index (χ1n) is 5.08. The van der Waals surface area contributed by atoms with Gasteiger partial charge in [0, 0.05) is 11.1 Å². The molecule has 0 bridgehead atoms. The molecule has 1 heterocycles. The molecule has 0 saturated heterocycles. The molecule has 2 N–H and O–H groups in total. The Morgan fingerprint density at radius 2 is 1.94 bits per heavy atom. The summed E-state index contributed by atoms with van der Waals surface area (Å²) in [6, 6.07) is 5.57. The van der Waals surface area contributed by atoms with Crippen LogP contribution in [0.5, 0.6) is 0 Å². The number of nitrogens with zero attached hydrogens (tertiary/aromatic N) is 1. The van der Waals surface area contributed by atoms with Gasteiger partial charge >= 0.3 is 0 Å². The molecule has 0 radical (unpaired) electrons. The molecule has 0 aliphatic carbocycles. The van der Waals surface area contributed by atoms with Crippen molar-refractivity contribution in [1.29, 1.82) is 0 Å². The Kier molecular flexibility index (Phi) is 3.33. The highest BCUT2D eigenvalue weighted by molar-refractivity contribution is 6.40. The quantitative estimate of drug-likeness (QED) is 0.893. The number of aryl methyl sites for hydroxylation is 1. The Morgan fingerprint density at radius 1 is 1.25 bits per heavy atom. The molecule has 0 saturated carbocycles. The van der Waals surface area contributed by atoms with Crippen molar-refractivity contribution in [3.63, 3.8) is 0 Å². The summed E-state index contributed by atoms with van der Waals surface area (Å²) >= 11 is 12.3. The summed E-state index contributed by atoms with van der Waals surface area (Å²) in [6.07, 6.45) is 0.778. The molecule has 2 rings (SSSR count). The SMILES string of the molecule is Cc1cc(CCN)c2c(Cl)ccc(Cl)c2n1. The largest absolute Gasteiger partial charge is 0.330 e. The Hall–Kier alpha value is -0.830. The van der Waals surface area contributed by atoms with E-state index in [1.54, 1.807) is 12.1 Å². The van der Waals surface area contributed by atoms with E-state index in [9.17, 15) is 0 Å². The van der Waals surface area contributed by atoms with E-state index in [1.165, 1.54) is 0 Å². The van der Waals surface area contributed by atoms with Crippen LogP contribution in [0.4, 0.5) is 0 Å². The third kappa shape index (κ3) is 2.01. The maximum atomic E-state index is 6.18. The molecule has 0 spiro atoms. The molecule has 0 unspecified atom stereocenters. The maximum Gasteiger partial charge on any atom is 0.0909 e. The molecular formula is C12H12Cl2N2. The van der Waals surface area contributed by atoms with Gasteiger partial charge in [-0.25, -0.2) is 0 Å². The molecule has 0 amide bonds. The van der Waals surface area contributed by atoms with Gasteiger partial charge in [0.15, 0.2) is 0 Å². The predicted octanol–water partition coefficient (Wildman–Crippen LogP) is 3.35. The number of pyridine rings is 1. The molecule has 0 atom stereocenters. The normalized spacial score (nSPS) is 11.0. The molecule has 0 aliphatic heterocycles. The minimum atomic E-state index is 0.585. The summed E-state index contributed by atoms with van der Waals surface area (Å²) in [5.41, 5.74) is 8.39. The fourth-order valence-electron chi connectivity index (χ4n) is 1.84. The van der Waals surface area contributed by atoms with Crippen molar-refractivity contribution < 1.29 is 0 Å². The van der Waals surface area contributed by atoms with Crippen LogP contribution in [-0.4, -0.2) is 11.5 Å². The molecule has 16 heavy (non-hydrogen) atoms. The minimum absolute atomic E-state index is 0.585. The van der Waals surface area contributed by atoms with E-state index in [-0.39, 0.29) is 0 Å². The second-order valence-electron chi connectivity index (χ2n) is 3.71. The lowest BCUT2D eigenvalue weighted by atomic mass is 10.0. The first-order valence-corrected chi connectivity index (χ1v) is 5.83. The zero-order valence-corrected chi connectivity index (χ0v) is 10.4. The third-order valence-electron chi connectivity index (χ3n) is 2.48. The van der Waals surface area contributed by atoms with Crippen molar-refractivity contribution in [3.8, 4) is 0 Å². The van der Waals surface area contributed by atoms with Gasteiger partial charge in [0.05, 0.1) is 15.6 Å². The molecule has 0 fully saturated rings. The molecular weight excluding hydrogens is 243 g/mol. The van der Waals surface area contributed by atoms with Gasteiger partial charge in [-0.15, -0.1) is 0 Å². The summed E-state index contributed by atoms with van der Waals surface area (Å²) in [5.74, 6) is 0. The van der Waals surface area contributed by atoms with Crippen LogP contribution in [0.1, 0.15) is 11.3 Å². The van der Waals surface area contributed by atoms with Gasteiger partial charge in [0.2, 0.25) is 0 Å². The number of hydrogen-bond donors (Lipinski definition) is 1. The van der Waals surface area contributed by atoms with Crippen LogP contribution >= 0.6 is 23.2 Å². The highest BCUT2D eigenvalue weighted by Gasteiger charge is 2.10. The summed E-state index contributed by atoms with van der Waals surface area (Å²) in [6.45, 7) is 2.53. The van der Waals surface area contributed by atoms with E-state index in [0.29, 0.717) is 16.6 Å². The van der Waals surface area contributed by atoms with Crippen LogP contribution in [0.15, 0.2) is 18.2 Å². The van der Waals surface area contributed by atoms with Crippen molar-refractivity contribution in [2.75, 3.05) is 6.54 Å². The van der Waals surface area contributed by atoms with Crippen LogP contribution in [0.3, 0.4) is 0 Å². The number of aromatic nitrogens is 1. The lowest BCUT2D eigenvalue weighted by Gasteiger charge is -2.09. The second-order valence-corrected chi connectivity index (χ2v) is 4.53. The lowest BCUT2D eigenvalue weighted by Crippen LogP contribution is -2.04. The zero-order chi connectivity index (χ0) is 11.7. The van der Waals surface area contributed by atoms with Gasteiger partial charge < -0.3 is 5.73 Å². The fourth-order valence-corrected chi connectivity index (χ4v) is 2.32.